The minimum atomic E-state index is -0.571. The highest BCUT2D eigenvalue weighted by molar-refractivity contribution is 9.10. The Bertz CT molecular complexity index is 367. The van der Waals surface area contributed by atoms with Crippen LogP contribution in [-0.2, 0) is 0 Å². The van der Waals surface area contributed by atoms with Crippen LogP contribution in [0.2, 0.25) is 0 Å². The summed E-state index contributed by atoms with van der Waals surface area (Å²) in [5.41, 5.74) is 0.371. The third-order valence-electron chi connectivity index (χ3n) is 2.30. The summed E-state index contributed by atoms with van der Waals surface area (Å²) in [5, 5.41) is 3.08. The van der Waals surface area contributed by atoms with E-state index in [-0.39, 0.29) is 4.47 Å². The van der Waals surface area contributed by atoms with Crippen LogP contribution >= 0.6 is 27.7 Å². The van der Waals surface area contributed by atoms with Crippen molar-refractivity contribution in [2.75, 3.05) is 16.8 Å². The molecule has 1 saturated heterocycles. The summed E-state index contributed by atoms with van der Waals surface area (Å²) in [7, 11) is 0. The van der Waals surface area contributed by atoms with Crippen molar-refractivity contribution in [2.24, 2.45) is 0 Å². The van der Waals surface area contributed by atoms with Crippen LogP contribution in [0, 0.1) is 11.6 Å². The van der Waals surface area contributed by atoms with Gasteiger partial charge in [-0.25, -0.2) is 8.78 Å². The summed E-state index contributed by atoms with van der Waals surface area (Å²) in [4.78, 5) is 0. The van der Waals surface area contributed by atoms with Gasteiger partial charge in [-0.3, -0.25) is 0 Å². The van der Waals surface area contributed by atoms with Gasteiger partial charge in [0.1, 0.15) is 11.6 Å². The molecule has 1 aliphatic heterocycles. The zero-order chi connectivity index (χ0) is 10.8. The van der Waals surface area contributed by atoms with E-state index in [9.17, 15) is 8.78 Å². The van der Waals surface area contributed by atoms with Gasteiger partial charge in [0, 0.05) is 17.9 Å². The molecule has 1 heterocycles. The van der Waals surface area contributed by atoms with E-state index in [4.69, 9.17) is 0 Å². The van der Waals surface area contributed by atoms with Crippen LogP contribution in [0.3, 0.4) is 0 Å². The van der Waals surface area contributed by atoms with E-state index in [2.05, 4.69) is 21.2 Å². The topological polar surface area (TPSA) is 12.0 Å². The van der Waals surface area contributed by atoms with Crippen molar-refractivity contribution in [3.8, 4) is 0 Å². The molecule has 0 aromatic heterocycles. The molecule has 1 atom stereocenters. The molecule has 1 N–H and O–H groups in total. The number of thioether (sulfide) groups is 1. The van der Waals surface area contributed by atoms with Crippen molar-refractivity contribution in [3.63, 3.8) is 0 Å². The maximum absolute atomic E-state index is 13.4. The molecule has 0 radical (unpaired) electrons. The fourth-order valence-electron chi connectivity index (χ4n) is 1.50. The third kappa shape index (κ3) is 2.64. The van der Waals surface area contributed by atoms with Crippen LogP contribution in [0.25, 0.3) is 0 Å². The standard InChI is InChI=1S/C10H10BrF2NS/c11-7-3-10(9(13)4-8(7)12)14-6-1-2-15-5-6/h3-4,6,14H,1-2,5H2. The van der Waals surface area contributed by atoms with Crippen LogP contribution in [0.15, 0.2) is 16.6 Å². The second kappa shape index (κ2) is 4.70. The Hall–Kier alpha value is -0.290. The highest BCUT2D eigenvalue weighted by Crippen LogP contribution is 2.27. The smallest absolute Gasteiger partial charge is 0.149 e. The molecule has 0 bridgehead atoms. The summed E-state index contributed by atoms with van der Waals surface area (Å²) >= 11 is 4.89. The predicted octanol–water partition coefficient (Wildman–Crippen LogP) is 3.64. The average Bonchev–Trinajstić information content (AvgIpc) is 2.67. The first kappa shape index (κ1) is 11.2. The summed E-state index contributed by atoms with van der Waals surface area (Å²) in [5.74, 6) is 0.974. The Balaban J connectivity index is 2.16. The van der Waals surface area contributed by atoms with E-state index in [1.54, 1.807) is 0 Å². The Labute approximate surface area is 99.8 Å². The lowest BCUT2D eigenvalue weighted by Crippen LogP contribution is -2.19. The van der Waals surface area contributed by atoms with Gasteiger partial charge in [-0.1, -0.05) is 0 Å². The fourth-order valence-corrected chi connectivity index (χ4v) is 3.00. The van der Waals surface area contributed by atoms with Gasteiger partial charge in [0.2, 0.25) is 0 Å². The fraction of sp³-hybridized carbons (Fsp3) is 0.400. The van der Waals surface area contributed by atoms with Crippen molar-refractivity contribution in [2.45, 2.75) is 12.5 Å². The van der Waals surface area contributed by atoms with E-state index in [1.165, 1.54) is 6.07 Å². The largest absolute Gasteiger partial charge is 0.379 e. The Morgan fingerprint density at radius 2 is 2.13 bits per heavy atom. The first-order valence-electron chi connectivity index (χ1n) is 4.65. The molecule has 1 aromatic carbocycles. The Morgan fingerprint density at radius 3 is 2.80 bits per heavy atom. The summed E-state index contributed by atoms with van der Waals surface area (Å²) in [6.45, 7) is 0. The summed E-state index contributed by atoms with van der Waals surface area (Å²) in [6.07, 6.45) is 1.03. The van der Waals surface area contributed by atoms with E-state index >= 15 is 0 Å². The molecule has 1 fully saturated rings. The molecule has 0 amide bonds. The van der Waals surface area contributed by atoms with Crippen LogP contribution in [-0.4, -0.2) is 17.5 Å². The van der Waals surface area contributed by atoms with Crippen LogP contribution < -0.4 is 5.32 Å². The molecule has 0 spiro atoms. The Morgan fingerprint density at radius 1 is 1.33 bits per heavy atom. The maximum Gasteiger partial charge on any atom is 0.149 e. The number of anilines is 1. The van der Waals surface area contributed by atoms with Gasteiger partial charge in [0.15, 0.2) is 0 Å². The average molecular weight is 294 g/mol. The number of benzene rings is 1. The number of hydrogen-bond acceptors (Lipinski definition) is 2. The van der Waals surface area contributed by atoms with Gasteiger partial charge in [-0.05, 0) is 34.2 Å². The lowest BCUT2D eigenvalue weighted by molar-refractivity contribution is 0.579. The van der Waals surface area contributed by atoms with Gasteiger partial charge >= 0.3 is 0 Å². The number of rotatable bonds is 2. The molecule has 0 saturated carbocycles. The predicted molar refractivity (Wildman–Crippen MR) is 63.4 cm³/mol. The second-order valence-corrected chi connectivity index (χ2v) is 5.46. The van der Waals surface area contributed by atoms with E-state index in [0.29, 0.717) is 11.7 Å². The van der Waals surface area contributed by atoms with Gasteiger partial charge in [-0.2, -0.15) is 11.8 Å². The minimum absolute atomic E-state index is 0.289. The molecule has 5 heteroatoms. The van der Waals surface area contributed by atoms with Crippen LogP contribution in [0.5, 0.6) is 0 Å². The van der Waals surface area contributed by atoms with Crippen LogP contribution in [0.4, 0.5) is 14.5 Å². The van der Waals surface area contributed by atoms with Gasteiger partial charge in [0.25, 0.3) is 0 Å². The van der Waals surface area contributed by atoms with E-state index in [0.717, 1.165) is 24.0 Å². The zero-order valence-corrected chi connectivity index (χ0v) is 10.3. The maximum atomic E-state index is 13.4. The monoisotopic (exact) mass is 293 g/mol. The van der Waals surface area contributed by atoms with E-state index < -0.39 is 11.6 Å². The quantitative estimate of drug-likeness (QED) is 0.836. The molecular weight excluding hydrogens is 284 g/mol. The van der Waals surface area contributed by atoms with Crippen molar-refractivity contribution in [3.05, 3.63) is 28.2 Å². The number of nitrogens with one attached hydrogen (secondary N) is 1. The first-order valence-corrected chi connectivity index (χ1v) is 6.60. The molecule has 2 rings (SSSR count). The van der Waals surface area contributed by atoms with Crippen molar-refractivity contribution in [1.82, 2.24) is 0 Å². The van der Waals surface area contributed by atoms with E-state index in [1.807, 2.05) is 11.8 Å². The lowest BCUT2D eigenvalue weighted by atomic mass is 10.2. The molecular formula is C10H10BrF2NS. The highest BCUT2D eigenvalue weighted by atomic mass is 79.9. The van der Waals surface area contributed by atoms with Crippen LogP contribution in [0.1, 0.15) is 6.42 Å². The highest BCUT2D eigenvalue weighted by Gasteiger charge is 2.17. The van der Waals surface area contributed by atoms with Crippen molar-refractivity contribution < 1.29 is 8.78 Å². The third-order valence-corrected chi connectivity index (χ3v) is 4.07. The molecule has 82 valence electrons. The normalized spacial score (nSPS) is 20.6. The van der Waals surface area contributed by atoms with Gasteiger partial charge in [0.05, 0.1) is 10.2 Å². The minimum Gasteiger partial charge on any atom is -0.379 e. The molecule has 1 unspecified atom stereocenters. The zero-order valence-electron chi connectivity index (χ0n) is 7.90. The molecule has 1 aromatic rings. The first-order chi connectivity index (χ1) is 7.16. The Kier molecular flexibility index (Phi) is 3.51. The second-order valence-electron chi connectivity index (χ2n) is 3.45. The molecule has 15 heavy (non-hydrogen) atoms. The summed E-state index contributed by atoms with van der Waals surface area (Å²) in [6, 6.07) is 2.64. The number of hydrogen-bond donors (Lipinski definition) is 1. The molecule has 1 nitrogen and oxygen atoms in total. The van der Waals surface area contributed by atoms with Gasteiger partial charge < -0.3 is 5.32 Å². The van der Waals surface area contributed by atoms with Crippen molar-refractivity contribution >= 4 is 33.4 Å². The SMILES string of the molecule is Fc1cc(F)c(NC2CCSC2)cc1Br. The molecule has 1 aliphatic rings. The lowest BCUT2D eigenvalue weighted by Gasteiger charge is -2.14. The summed E-state index contributed by atoms with van der Waals surface area (Å²) < 4.78 is 26.6. The number of halogens is 3. The van der Waals surface area contributed by atoms with Crippen molar-refractivity contribution in [1.29, 1.82) is 0 Å². The van der Waals surface area contributed by atoms with Gasteiger partial charge in [-0.15, -0.1) is 0 Å². The molecule has 0 aliphatic carbocycles.